The summed E-state index contributed by atoms with van der Waals surface area (Å²) in [5, 5.41) is 3.15. The molecular weight excluding hydrogens is 198 g/mol. The number of hydrogen-bond acceptors (Lipinski definition) is 2. The van der Waals surface area contributed by atoms with Crippen molar-refractivity contribution in [1.29, 1.82) is 0 Å². The van der Waals surface area contributed by atoms with Crippen molar-refractivity contribution in [2.24, 2.45) is 0 Å². The normalized spacial score (nSPS) is 16.9. The maximum absolute atomic E-state index is 13.7. The molecule has 0 bridgehead atoms. The molecule has 0 unspecified atom stereocenters. The van der Waals surface area contributed by atoms with E-state index in [4.69, 9.17) is 0 Å². The Morgan fingerprint density at radius 1 is 1.20 bits per heavy atom. The van der Waals surface area contributed by atoms with Gasteiger partial charge in [0.2, 0.25) is 0 Å². The highest BCUT2D eigenvalue weighted by Crippen LogP contribution is 2.25. The van der Waals surface area contributed by atoms with Crippen LogP contribution in [0, 0.1) is 18.6 Å². The molecule has 0 saturated carbocycles. The Morgan fingerprint density at radius 2 is 1.87 bits per heavy atom. The predicted molar refractivity (Wildman–Crippen MR) is 56.2 cm³/mol. The van der Waals surface area contributed by atoms with Gasteiger partial charge in [-0.25, -0.2) is 8.78 Å². The van der Waals surface area contributed by atoms with Gasteiger partial charge in [-0.1, -0.05) is 6.07 Å². The summed E-state index contributed by atoms with van der Waals surface area (Å²) in [5.41, 5.74) is 0.612. The molecule has 0 spiro atoms. The number of halogens is 2. The average molecular weight is 212 g/mol. The third-order valence-corrected chi connectivity index (χ3v) is 2.69. The fourth-order valence-electron chi connectivity index (χ4n) is 1.82. The second kappa shape index (κ2) is 4.14. The maximum atomic E-state index is 13.7. The lowest BCUT2D eigenvalue weighted by atomic mass is 10.1. The van der Waals surface area contributed by atoms with Crippen LogP contribution in [0.1, 0.15) is 5.56 Å². The second-order valence-corrected chi connectivity index (χ2v) is 3.76. The van der Waals surface area contributed by atoms with Crippen molar-refractivity contribution in [3.8, 4) is 0 Å². The smallest absolute Gasteiger partial charge is 0.152 e. The maximum Gasteiger partial charge on any atom is 0.152 e. The first-order chi connectivity index (χ1) is 7.20. The molecule has 1 aromatic rings. The van der Waals surface area contributed by atoms with Crippen molar-refractivity contribution in [1.82, 2.24) is 5.32 Å². The van der Waals surface area contributed by atoms with Crippen LogP contribution in [0.5, 0.6) is 0 Å². The number of benzene rings is 1. The summed E-state index contributed by atoms with van der Waals surface area (Å²) in [5.74, 6) is -0.906. The van der Waals surface area contributed by atoms with Crippen molar-refractivity contribution in [2.45, 2.75) is 6.92 Å². The Kier molecular flexibility index (Phi) is 2.86. The molecule has 2 rings (SSSR count). The highest BCUT2D eigenvalue weighted by atomic mass is 19.1. The Labute approximate surface area is 87.9 Å². The van der Waals surface area contributed by atoms with E-state index < -0.39 is 11.6 Å². The fraction of sp³-hybridized carbons (Fsp3) is 0.455. The third-order valence-electron chi connectivity index (χ3n) is 2.69. The minimum absolute atomic E-state index is 0.122. The molecular formula is C11H14F2N2. The SMILES string of the molecule is Cc1ccc(F)c(N2CCNCC2)c1F. The van der Waals surface area contributed by atoms with Crippen LogP contribution in [0.2, 0.25) is 0 Å². The Morgan fingerprint density at radius 3 is 2.53 bits per heavy atom. The van der Waals surface area contributed by atoms with E-state index in [9.17, 15) is 8.78 Å². The molecule has 1 saturated heterocycles. The van der Waals surface area contributed by atoms with Crippen LogP contribution in [-0.2, 0) is 0 Å². The van der Waals surface area contributed by atoms with Gasteiger partial charge < -0.3 is 10.2 Å². The highest BCUT2D eigenvalue weighted by molar-refractivity contribution is 5.51. The van der Waals surface area contributed by atoms with Crippen molar-refractivity contribution in [3.63, 3.8) is 0 Å². The summed E-state index contributed by atoms with van der Waals surface area (Å²) in [7, 11) is 0. The minimum atomic E-state index is -0.472. The molecule has 2 nitrogen and oxygen atoms in total. The summed E-state index contributed by atoms with van der Waals surface area (Å²) in [6.07, 6.45) is 0. The molecule has 1 aliphatic heterocycles. The first-order valence-electron chi connectivity index (χ1n) is 5.10. The average Bonchev–Trinajstić information content (AvgIpc) is 2.26. The molecule has 1 aromatic carbocycles. The van der Waals surface area contributed by atoms with Crippen LogP contribution < -0.4 is 10.2 Å². The van der Waals surface area contributed by atoms with E-state index in [0.29, 0.717) is 18.7 Å². The lowest BCUT2D eigenvalue weighted by Crippen LogP contribution is -2.44. The molecule has 0 aliphatic carbocycles. The first-order valence-corrected chi connectivity index (χ1v) is 5.10. The molecule has 15 heavy (non-hydrogen) atoms. The zero-order valence-corrected chi connectivity index (χ0v) is 8.69. The molecule has 1 aliphatic rings. The number of anilines is 1. The van der Waals surface area contributed by atoms with E-state index in [1.165, 1.54) is 12.1 Å². The van der Waals surface area contributed by atoms with Gasteiger partial charge in [-0.15, -0.1) is 0 Å². The standard InChI is InChI=1S/C11H14F2N2/c1-8-2-3-9(12)11(10(8)13)15-6-4-14-5-7-15/h2-3,14H,4-7H2,1H3. The van der Waals surface area contributed by atoms with Gasteiger partial charge in [-0.05, 0) is 18.6 Å². The molecule has 82 valence electrons. The van der Waals surface area contributed by atoms with Gasteiger partial charge in [0.05, 0.1) is 0 Å². The predicted octanol–water partition coefficient (Wildman–Crippen LogP) is 1.68. The van der Waals surface area contributed by atoms with Gasteiger partial charge in [0.15, 0.2) is 5.82 Å². The van der Waals surface area contributed by atoms with E-state index in [0.717, 1.165) is 13.1 Å². The van der Waals surface area contributed by atoms with E-state index in [1.54, 1.807) is 11.8 Å². The third kappa shape index (κ3) is 1.95. The van der Waals surface area contributed by atoms with Gasteiger partial charge in [-0.3, -0.25) is 0 Å². The Hall–Kier alpha value is -1.16. The molecule has 4 heteroatoms. The highest BCUT2D eigenvalue weighted by Gasteiger charge is 2.19. The van der Waals surface area contributed by atoms with E-state index in [1.807, 2.05) is 0 Å². The molecule has 1 heterocycles. The summed E-state index contributed by atoms with van der Waals surface area (Å²) in [6, 6.07) is 2.80. The second-order valence-electron chi connectivity index (χ2n) is 3.76. The molecule has 0 atom stereocenters. The van der Waals surface area contributed by atoms with E-state index in [2.05, 4.69) is 5.32 Å². The van der Waals surface area contributed by atoms with Crippen molar-refractivity contribution in [2.75, 3.05) is 31.1 Å². The Bertz CT molecular complexity index is 360. The molecule has 0 amide bonds. The number of nitrogens with zero attached hydrogens (tertiary/aromatic N) is 1. The summed E-state index contributed by atoms with van der Waals surface area (Å²) in [6.45, 7) is 4.49. The van der Waals surface area contributed by atoms with E-state index >= 15 is 0 Å². The number of aryl methyl sites for hydroxylation is 1. The van der Waals surface area contributed by atoms with Gasteiger partial charge in [0.1, 0.15) is 11.5 Å². The van der Waals surface area contributed by atoms with Crippen LogP contribution in [0.15, 0.2) is 12.1 Å². The minimum Gasteiger partial charge on any atom is -0.364 e. The van der Waals surface area contributed by atoms with Crippen LogP contribution in [-0.4, -0.2) is 26.2 Å². The summed E-state index contributed by atoms with van der Waals surface area (Å²) < 4.78 is 27.3. The zero-order valence-electron chi connectivity index (χ0n) is 8.69. The van der Waals surface area contributed by atoms with Crippen LogP contribution in [0.25, 0.3) is 0 Å². The number of rotatable bonds is 1. The molecule has 0 radical (unpaired) electrons. The van der Waals surface area contributed by atoms with Crippen LogP contribution in [0.4, 0.5) is 14.5 Å². The van der Waals surface area contributed by atoms with E-state index in [-0.39, 0.29) is 5.69 Å². The van der Waals surface area contributed by atoms with Crippen molar-refractivity contribution < 1.29 is 8.78 Å². The number of piperazine rings is 1. The van der Waals surface area contributed by atoms with Gasteiger partial charge in [0, 0.05) is 26.2 Å². The van der Waals surface area contributed by atoms with Crippen LogP contribution >= 0.6 is 0 Å². The summed E-state index contributed by atoms with van der Waals surface area (Å²) in [4.78, 5) is 1.76. The van der Waals surface area contributed by atoms with Crippen molar-refractivity contribution >= 4 is 5.69 Å². The van der Waals surface area contributed by atoms with Crippen LogP contribution in [0.3, 0.4) is 0 Å². The van der Waals surface area contributed by atoms with Gasteiger partial charge >= 0.3 is 0 Å². The quantitative estimate of drug-likeness (QED) is 0.762. The van der Waals surface area contributed by atoms with Crippen molar-refractivity contribution in [3.05, 3.63) is 29.3 Å². The Balaban J connectivity index is 2.36. The molecule has 0 aromatic heterocycles. The topological polar surface area (TPSA) is 15.3 Å². The van der Waals surface area contributed by atoms with Gasteiger partial charge in [0.25, 0.3) is 0 Å². The fourth-order valence-corrected chi connectivity index (χ4v) is 1.82. The number of nitrogens with one attached hydrogen (secondary N) is 1. The lowest BCUT2D eigenvalue weighted by molar-refractivity contribution is 0.535. The zero-order chi connectivity index (χ0) is 10.8. The first kappa shape index (κ1) is 10.4. The lowest BCUT2D eigenvalue weighted by Gasteiger charge is -2.30. The molecule has 1 fully saturated rings. The van der Waals surface area contributed by atoms with Gasteiger partial charge in [-0.2, -0.15) is 0 Å². The number of hydrogen-bond donors (Lipinski definition) is 1. The largest absolute Gasteiger partial charge is 0.364 e. The summed E-state index contributed by atoms with van der Waals surface area (Å²) >= 11 is 0. The molecule has 1 N–H and O–H groups in total. The monoisotopic (exact) mass is 212 g/mol.